The molecule has 0 saturated carbocycles. The lowest BCUT2D eigenvalue weighted by Gasteiger charge is -2.09. The number of nitrogens with two attached hydrogens (primary N) is 1. The molecule has 1 saturated heterocycles. The van der Waals surface area contributed by atoms with Crippen LogP contribution in [0, 0.1) is 0 Å². The van der Waals surface area contributed by atoms with Gasteiger partial charge in [0.2, 0.25) is 0 Å². The summed E-state index contributed by atoms with van der Waals surface area (Å²) in [6.45, 7) is 1.40. The van der Waals surface area contributed by atoms with Crippen molar-refractivity contribution < 1.29 is 9.53 Å². The molecule has 0 radical (unpaired) electrons. The minimum Gasteiger partial charge on any atom is -0.443 e. The number of hydrogen-bond acceptors (Lipinski definition) is 4. The monoisotopic (exact) mass is 210 g/mol. The first-order chi connectivity index (χ1) is 7.19. The molecule has 0 spiro atoms. The van der Waals surface area contributed by atoms with E-state index >= 15 is 0 Å². The molecule has 1 aromatic heterocycles. The van der Waals surface area contributed by atoms with Gasteiger partial charge in [0.1, 0.15) is 6.10 Å². The summed E-state index contributed by atoms with van der Waals surface area (Å²) in [5.74, 6) is 0. The minimum absolute atomic E-state index is 0.179. The molecular weight excluding hydrogens is 196 g/mol. The molecule has 1 aliphatic heterocycles. The average Bonchev–Trinajstić information content (AvgIpc) is 2.75. The van der Waals surface area contributed by atoms with Gasteiger partial charge in [-0.25, -0.2) is 4.79 Å². The van der Waals surface area contributed by atoms with Gasteiger partial charge in [-0.3, -0.25) is 9.58 Å². The van der Waals surface area contributed by atoms with Crippen LogP contribution in [0.1, 0.15) is 5.69 Å². The van der Waals surface area contributed by atoms with Gasteiger partial charge in [-0.1, -0.05) is 0 Å². The SMILES string of the molecule is Cn1ccc(CN2CC(CN)OC2=O)n1. The molecular formula is C9H14N4O2. The van der Waals surface area contributed by atoms with E-state index < -0.39 is 0 Å². The maximum atomic E-state index is 11.4. The first kappa shape index (κ1) is 9.97. The highest BCUT2D eigenvalue weighted by Crippen LogP contribution is 2.13. The summed E-state index contributed by atoms with van der Waals surface area (Å²) in [4.78, 5) is 13.0. The van der Waals surface area contributed by atoms with Gasteiger partial charge >= 0.3 is 6.09 Å². The number of nitrogens with zero attached hydrogens (tertiary/aromatic N) is 3. The number of amides is 1. The van der Waals surface area contributed by atoms with Gasteiger partial charge in [0.25, 0.3) is 0 Å². The van der Waals surface area contributed by atoms with Crippen molar-refractivity contribution in [2.24, 2.45) is 12.8 Å². The largest absolute Gasteiger partial charge is 0.443 e. The third-order valence-corrected chi connectivity index (χ3v) is 2.33. The highest BCUT2D eigenvalue weighted by Gasteiger charge is 2.30. The van der Waals surface area contributed by atoms with E-state index in [2.05, 4.69) is 5.10 Å². The lowest BCUT2D eigenvalue weighted by molar-refractivity contribution is 0.134. The summed E-state index contributed by atoms with van der Waals surface area (Å²) in [5, 5.41) is 4.20. The third-order valence-electron chi connectivity index (χ3n) is 2.33. The number of rotatable bonds is 3. The molecule has 1 amide bonds. The lowest BCUT2D eigenvalue weighted by Crippen LogP contribution is -2.27. The molecule has 1 aliphatic rings. The molecule has 6 nitrogen and oxygen atoms in total. The van der Waals surface area contributed by atoms with Crippen molar-refractivity contribution in [1.82, 2.24) is 14.7 Å². The summed E-state index contributed by atoms with van der Waals surface area (Å²) in [6, 6.07) is 1.88. The van der Waals surface area contributed by atoms with Gasteiger partial charge in [-0.2, -0.15) is 5.10 Å². The van der Waals surface area contributed by atoms with Crippen LogP contribution in [0.15, 0.2) is 12.3 Å². The molecule has 1 unspecified atom stereocenters. The number of carbonyl (C=O) groups is 1. The number of carbonyl (C=O) groups excluding carboxylic acids is 1. The van der Waals surface area contributed by atoms with Gasteiger partial charge in [-0.15, -0.1) is 0 Å². The van der Waals surface area contributed by atoms with E-state index in [-0.39, 0.29) is 12.2 Å². The van der Waals surface area contributed by atoms with Crippen molar-refractivity contribution in [3.8, 4) is 0 Å². The van der Waals surface area contributed by atoms with Crippen LogP contribution in [0.4, 0.5) is 4.79 Å². The normalized spacial score (nSPS) is 20.8. The fourth-order valence-corrected chi connectivity index (χ4v) is 1.57. The molecule has 0 aliphatic carbocycles. The summed E-state index contributed by atoms with van der Waals surface area (Å²) in [5.41, 5.74) is 6.29. The van der Waals surface area contributed by atoms with Gasteiger partial charge in [0, 0.05) is 19.8 Å². The van der Waals surface area contributed by atoms with Crippen LogP contribution in [0.5, 0.6) is 0 Å². The summed E-state index contributed by atoms with van der Waals surface area (Å²) in [7, 11) is 1.84. The molecule has 1 atom stereocenters. The van der Waals surface area contributed by atoms with Crippen LogP contribution in [0.25, 0.3) is 0 Å². The molecule has 1 fully saturated rings. The van der Waals surface area contributed by atoms with Crippen LogP contribution in [0.3, 0.4) is 0 Å². The van der Waals surface area contributed by atoms with E-state index in [9.17, 15) is 4.79 Å². The summed E-state index contributed by atoms with van der Waals surface area (Å²) in [6.07, 6.45) is 1.36. The van der Waals surface area contributed by atoms with Crippen LogP contribution < -0.4 is 5.73 Å². The number of aryl methyl sites for hydroxylation is 1. The first-order valence-corrected chi connectivity index (χ1v) is 4.83. The fourth-order valence-electron chi connectivity index (χ4n) is 1.57. The van der Waals surface area contributed by atoms with Crippen molar-refractivity contribution in [3.63, 3.8) is 0 Å². The van der Waals surface area contributed by atoms with Gasteiger partial charge in [-0.05, 0) is 6.07 Å². The van der Waals surface area contributed by atoms with Crippen molar-refractivity contribution in [2.75, 3.05) is 13.1 Å². The van der Waals surface area contributed by atoms with Crippen molar-refractivity contribution in [1.29, 1.82) is 0 Å². The lowest BCUT2D eigenvalue weighted by atomic mass is 10.3. The quantitative estimate of drug-likeness (QED) is 0.743. The van der Waals surface area contributed by atoms with E-state index in [1.54, 1.807) is 9.58 Å². The van der Waals surface area contributed by atoms with Crippen molar-refractivity contribution in [3.05, 3.63) is 18.0 Å². The second-order valence-electron chi connectivity index (χ2n) is 3.60. The highest BCUT2D eigenvalue weighted by atomic mass is 16.6. The van der Waals surface area contributed by atoms with E-state index in [1.165, 1.54) is 0 Å². The Labute approximate surface area is 87.6 Å². The predicted molar refractivity (Wildman–Crippen MR) is 52.9 cm³/mol. The number of aromatic nitrogens is 2. The molecule has 1 aromatic rings. The maximum absolute atomic E-state index is 11.4. The molecule has 2 N–H and O–H groups in total. The minimum atomic E-state index is -0.309. The number of ether oxygens (including phenoxy) is 1. The Morgan fingerprint density at radius 1 is 1.73 bits per heavy atom. The zero-order chi connectivity index (χ0) is 10.8. The molecule has 0 aromatic carbocycles. The zero-order valence-electron chi connectivity index (χ0n) is 8.59. The van der Waals surface area contributed by atoms with Crippen molar-refractivity contribution >= 4 is 6.09 Å². The molecule has 6 heteroatoms. The van der Waals surface area contributed by atoms with Gasteiger partial charge < -0.3 is 10.5 Å². The van der Waals surface area contributed by atoms with Crippen LogP contribution in [-0.2, 0) is 18.3 Å². The summed E-state index contributed by atoms with van der Waals surface area (Å²) >= 11 is 0. The Morgan fingerprint density at radius 2 is 2.53 bits per heavy atom. The number of cyclic esters (lactones) is 1. The van der Waals surface area contributed by atoms with Gasteiger partial charge in [0.15, 0.2) is 0 Å². The van der Waals surface area contributed by atoms with Crippen molar-refractivity contribution in [2.45, 2.75) is 12.6 Å². The average molecular weight is 210 g/mol. The van der Waals surface area contributed by atoms with Crippen LogP contribution in [-0.4, -0.2) is 40.0 Å². The summed E-state index contributed by atoms with van der Waals surface area (Å²) < 4.78 is 6.74. The van der Waals surface area contributed by atoms with Crippen LogP contribution >= 0.6 is 0 Å². The molecule has 82 valence electrons. The van der Waals surface area contributed by atoms with E-state index in [1.807, 2.05) is 19.3 Å². The second-order valence-corrected chi connectivity index (χ2v) is 3.60. The van der Waals surface area contributed by atoms with E-state index in [4.69, 9.17) is 10.5 Å². The molecule has 2 heterocycles. The Hall–Kier alpha value is -1.56. The third kappa shape index (κ3) is 2.10. The topological polar surface area (TPSA) is 73.4 Å². The Morgan fingerprint density at radius 3 is 3.07 bits per heavy atom. The van der Waals surface area contributed by atoms with E-state index in [0.29, 0.717) is 19.6 Å². The second kappa shape index (κ2) is 3.90. The smallest absolute Gasteiger partial charge is 0.410 e. The Balaban J connectivity index is 1.98. The molecule has 15 heavy (non-hydrogen) atoms. The standard InChI is InChI=1S/C9H14N4O2/c1-12-3-2-7(11-12)5-13-6-8(4-10)15-9(13)14/h2-3,8H,4-6,10H2,1H3. The van der Waals surface area contributed by atoms with E-state index in [0.717, 1.165) is 5.69 Å². The fraction of sp³-hybridized carbons (Fsp3) is 0.556. The maximum Gasteiger partial charge on any atom is 0.410 e. The molecule has 0 bridgehead atoms. The van der Waals surface area contributed by atoms with Gasteiger partial charge in [0.05, 0.1) is 18.8 Å². The highest BCUT2D eigenvalue weighted by molar-refractivity contribution is 5.69. The molecule has 2 rings (SSSR count). The number of hydrogen-bond donors (Lipinski definition) is 1. The van der Waals surface area contributed by atoms with Crippen LogP contribution in [0.2, 0.25) is 0 Å². The Bertz CT molecular complexity index is 363. The predicted octanol–water partition coefficient (Wildman–Crippen LogP) is -0.300. The zero-order valence-corrected chi connectivity index (χ0v) is 8.59. The first-order valence-electron chi connectivity index (χ1n) is 4.83. The Kier molecular flexibility index (Phi) is 2.59.